The van der Waals surface area contributed by atoms with Crippen molar-refractivity contribution in [2.24, 2.45) is 22.7 Å². The van der Waals surface area contributed by atoms with E-state index in [9.17, 15) is 28.5 Å². The summed E-state index contributed by atoms with van der Waals surface area (Å²) in [5, 5.41) is 30.6. The molecule has 194 valence electrons. The number of alkyl halides is 3. The van der Waals surface area contributed by atoms with E-state index in [-0.39, 0.29) is 35.0 Å². The highest BCUT2D eigenvalue weighted by atomic mass is 19.3. The number of phenols is 1. The number of halogens is 3. The van der Waals surface area contributed by atoms with E-state index < -0.39 is 18.7 Å². The third-order valence-corrected chi connectivity index (χ3v) is 9.46. The van der Waals surface area contributed by atoms with Crippen LogP contribution in [-0.2, 0) is 6.42 Å². The lowest BCUT2D eigenvalue weighted by Gasteiger charge is -2.60. The summed E-state index contributed by atoms with van der Waals surface area (Å²) in [6.45, 7) is 6.55. The molecule has 2 saturated carbocycles. The Morgan fingerprint density at radius 1 is 1.17 bits per heavy atom. The average molecular weight is 493 g/mol. The van der Waals surface area contributed by atoms with E-state index in [2.05, 4.69) is 25.6 Å². The first-order valence-electron chi connectivity index (χ1n) is 13.0. The van der Waals surface area contributed by atoms with E-state index in [0.717, 1.165) is 44.9 Å². The van der Waals surface area contributed by atoms with Crippen LogP contribution < -0.4 is 0 Å². The second kappa shape index (κ2) is 10.3. The number of aliphatic hydroxyl groups is 2. The van der Waals surface area contributed by atoms with E-state index in [1.807, 2.05) is 18.2 Å². The smallest absolute Gasteiger partial charge is 0.271 e. The Labute approximate surface area is 206 Å². The van der Waals surface area contributed by atoms with Crippen molar-refractivity contribution in [1.29, 1.82) is 0 Å². The minimum Gasteiger partial charge on any atom is -0.508 e. The number of aliphatic hydroxyl groups excluding tert-OH is 2. The average Bonchev–Trinajstić information content (AvgIpc) is 3.14. The van der Waals surface area contributed by atoms with Gasteiger partial charge in [-0.15, -0.1) is 6.58 Å². The molecule has 3 aliphatic carbocycles. The van der Waals surface area contributed by atoms with Crippen molar-refractivity contribution in [3.8, 4) is 5.75 Å². The molecule has 3 N–H and O–H groups in total. The number of hydrogen-bond acceptors (Lipinski definition) is 3. The number of phenolic OH excluding ortho intramolecular Hbond substituents is 1. The molecular formula is C29H39F3O3. The number of benzene rings is 1. The maximum absolute atomic E-state index is 13.2. The quantitative estimate of drug-likeness (QED) is 0.346. The van der Waals surface area contributed by atoms with Crippen molar-refractivity contribution in [3.05, 3.63) is 54.1 Å². The Morgan fingerprint density at radius 3 is 2.63 bits per heavy atom. The van der Waals surface area contributed by atoms with Crippen LogP contribution in [0.2, 0.25) is 0 Å². The van der Waals surface area contributed by atoms with Gasteiger partial charge in [0.05, 0.1) is 12.2 Å². The molecule has 0 heterocycles. The second-order valence-electron chi connectivity index (χ2n) is 11.3. The van der Waals surface area contributed by atoms with Crippen molar-refractivity contribution in [2.75, 3.05) is 0 Å². The highest BCUT2D eigenvalue weighted by Gasteiger charge is 2.63. The van der Waals surface area contributed by atoms with E-state index >= 15 is 0 Å². The number of hydrogen-bond donors (Lipinski definition) is 3. The molecule has 3 nitrogen and oxygen atoms in total. The number of aryl methyl sites for hydroxylation is 1. The van der Waals surface area contributed by atoms with Gasteiger partial charge in [-0.25, -0.2) is 13.2 Å². The van der Waals surface area contributed by atoms with Crippen LogP contribution in [0.4, 0.5) is 13.2 Å². The summed E-state index contributed by atoms with van der Waals surface area (Å²) in [4.78, 5) is 0. The molecule has 0 radical (unpaired) electrons. The predicted octanol–water partition coefficient (Wildman–Crippen LogP) is 6.47. The van der Waals surface area contributed by atoms with Crippen LogP contribution in [0.25, 0.3) is 0 Å². The highest BCUT2D eigenvalue weighted by molar-refractivity contribution is 5.43. The zero-order chi connectivity index (χ0) is 25.4. The number of rotatable bonds is 9. The number of aromatic hydroxyl groups is 1. The monoisotopic (exact) mass is 492 g/mol. The fraction of sp³-hybridized carbons (Fsp3) is 0.655. The Hall–Kier alpha value is -1.79. The van der Waals surface area contributed by atoms with Gasteiger partial charge in [0.2, 0.25) is 0 Å². The summed E-state index contributed by atoms with van der Waals surface area (Å²) < 4.78 is 38.0. The molecule has 0 aliphatic heterocycles. The van der Waals surface area contributed by atoms with Gasteiger partial charge in [-0.1, -0.05) is 31.2 Å². The van der Waals surface area contributed by atoms with E-state index in [1.54, 1.807) is 6.07 Å². The van der Waals surface area contributed by atoms with Crippen molar-refractivity contribution in [3.63, 3.8) is 0 Å². The summed E-state index contributed by atoms with van der Waals surface area (Å²) in [5.74, 6) is 1.23. The molecular weight excluding hydrogens is 453 g/mol. The molecule has 35 heavy (non-hydrogen) atoms. The molecule has 0 bridgehead atoms. The predicted molar refractivity (Wildman–Crippen MR) is 131 cm³/mol. The van der Waals surface area contributed by atoms with Crippen LogP contribution in [0.15, 0.2) is 43.0 Å². The molecule has 3 aliphatic rings. The number of allylic oxidation sites excluding steroid dienone is 3. The third kappa shape index (κ3) is 4.69. The van der Waals surface area contributed by atoms with E-state index in [1.165, 1.54) is 11.1 Å². The van der Waals surface area contributed by atoms with Crippen molar-refractivity contribution >= 4 is 0 Å². The summed E-state index contributed by atoms with van der Waals surface area (Å²) >= 11 is 0. The minimum atomic E-state index is -3.16. The summed E-state index contributed by atoms with van der Waals surface area (Å²) in [7, 11) is 0. The molecule has 0 aromatic heterocycles. The first-order valence-corrected chi connectivity index (χ1v) is 13.0. The van der Waals surface area contributed by atoms with Crippen molar-refractivity contribution in [2.45, 2.75) is 95.4 Å². The lowest BCUT2D eigenvalue weighted by atomic mass is 9.44. The van der Waals surface area contributed by atoms with Crippen molar-refractivity contribution < 1.29 is 28.5 Å². The van der Waals surface area contributed by atoms with Crippen molar-refractivity contribution in [1.82, 2.24) is 0 Å². The maximum Gasteiger partial charge on any atom is 0.271 e. The van der Waals surface area contributed by atoms with Gasteiger partial charge in [-0.3, -0.25) is 0 Å². The fourth-order valence-corrected chi connectivity index (χ4v) is 7.83. The Balaban J connectivity index is 1.53. The first-order chi connectivity index (χ1) is 16.6. The summed E-state index contributed by atoms with van der Waals surface area (Å²) in [6.07, 6.45) is 4.93. The molecule has 6 heteroatoms. The molecule has 1 aromatic rings. The molecule has 4 rings (SSSR count). The fourth-order valence-electron chi connectivity index (χ4n) is 7.83. The molecule has 0 saturated heterocycles. The standard InChI is InChI=1S/C29H39F3O3/c1-3-29-15-14-18-16-20(33)10-11-21(18)25(29)19(17-28(2)23(29)12-13-24(28)35)8-6-4-5-7-9-22(34)26(30)27(31)32/h3-5,10-11,16,19,22-27,33-35H,1,6-9,12-15,17H2,2H3/t19-,22?,23+,24-,25+,26?,28-,29-/m0/s1. The van der Waals surface area contributed by atoms with Crippen LogP contribution in [0.3, 0.4) is 0 Å². The van der Waals surface area contributed by atoms with Crippen LogP contribution >= 0.6 is 0 Å². The van der Waals surface area contributed by atoms with Gasteiger partial charge in [-0.05, 0) is 110 Å². The molecule has 0 spiro atoms. The van der Waals surface area contributed by atoms with E-state index in [0.29, 0.717) is 18.3 Å². The maximum atomic E-state index is 13.2. The van der Waals surface area contributed by atoms with Crippen LogP contribution in [0.5, 0.6) is 5.75 Å². The van der Waals surface area contributed by atoms with E-state index in [4.69, 9.17) is 0 Å². The van der Waals surface area contributed by atoms with Gasteiger partial charge in [-0.2, -0.15) is 0 Å². The SMILES string of the molecule is C=C[C@@]12CCc3cc(O)ccc3[C@H]1[C@@H](CCC=CCCC(O)C(F)C(F)F)C[C@@]1(C)[C@H]2CC[C@@H]1O. The Kier molecular flexibility index (Phi) is 7.73. The zero-order valence-electron chi connectivity index (χ0n) is 20.6. The summed E-state index contributed by atoms with van der Waals surface area (Å²) in [6, 6.07) is 5.73. The zero-order valence-corrected chi connectivity index (χ0v) is 20.6. The Bertz CT molecular complexity index is 934. The van der Waals surface area contributed by atoms with Crippen LogP contribution in [-0.4, -0.2) is 40.1 Å². The molecule has 2 unspecified atom stereocenters. The topological polar surface area (TPSA) is 60.7 Å². The summed E-state index contributed by atoms with van der Waals surface area (Å²) in [5.41, 5.74) is 2.22. The second-order valence-corrected chi connectivity index (χ2v) is 11.3. The largest absolute Gasteiger partial charge is 0.508 e. The van der Waals surface area contributed by atoms with Gasteiger partial charge >= 0.3 is 0 Å². The lowest BCUT2D eigenvalue weighted by molar-refractivity contribution is -0.0806. The highest BCUT2D eigenvalue weighted by Crippen LogP contribution is 2.69. The van der Waals surface area contributed by atoms with Gasteiger partial charge in [0.15, 0.2) is 6.17 Å². The third-order valence-electron chi connectivity index (χ3n) is 9.46. The molecule has 1 aromatic carbocycles. The van der Waals surface area contributed by atoms with Crippen LogP contribution in [0, 0.1) is 22.7 Å². The van der Waals surface area contributed by atoms with Gasteiger partial charge < -0.3 is 15.3 Å². The normalized spacial score (nSPS) is 36.0. The number of fused-ring (bicyclic) bond motifs is 5. The van der Waals surface area contributed by atoms with Gasteiger partial charge in [0.1, 0.15) is 5.75 Å². The van der Waals surface area contributed by atoms with Gasteiger partial charge in [0.25, 0.3) is 6.43 Å². The first kappa shape index (κ1) is 26.3. The minimum absolute atomic E-state index is 0.0313. The van der Waals surface area contributed by atoms with Gasteiger partial charge in [0, 0.05) is 0 Å². The molecule has 0 amide bonds. The lowest BCUT2D eigenvalue weighted by Crippen LogP contribution is -2.54. The molecule has 8 atom stereocenters. The molecule has 2 fully saturated rings. The Morgan fingerprint density at radius 2 is 1.91 bits per heavy atom. The van der Waals surface area contributed by atoms with Crippen LogP contribution in [0.1, 0.15) is 75.3 Å².